The van der Waals surface area contributed by atoms with Crippen molar-refractivity contribution >= 4 is 23.1 Å². The molecule has 0 saturated carbocycles. The van der Waals surface area contributed by atoms with Gasteiger partial charge in [-0.3, -0.25) is 4.79 Å². The highest BCUT2D eigenvalue weighted by Gasteiger charge is 2.28. The standard InChI is InChI=1S/C16H22N2O2S/c1-11-4-3-9-18(12(11)2)15(19)10-20-14-7-5-13(6-8-14)16(17)21/h5-8,11-12H,3-4,9-10H2,1-2H3,(H2,17,21). The van der Waals surface area contributed by atoms with Gasteiger partial charge in [0, 0.05) is 18.2 Å². The number of nitrogens with two attached hydrogens (primary N) is 1. The summed E-state index contributed by atoms with van der Waals surface area (Å²) in [5.74, 6) is 1.25. The highest BCUT2D eigenvalue weighted by Crippen LogP contribution is 2.23. The monoisotopic (exact) mass is 306 g/mol. The van der Waals surface area contributed by atoms with Crippen molar-refractivity contribution in [1.82, 2.24) is 4.90 Å². The number of amides is 1. The van der Waals surface area contributed by atoms with E-state index in [-0.39, 0.29) is 18.6 Å². The van der Waals surface area contributed by atoms with E-state index in [0.717, 1.165) is 18.5 Å². The molecule has 1 aromatic rings. The topological polar surface area (TPSA) is 55.6 Å². The molecule has 1 aliphatic heterocycles. The minimum absolute atomic E-state index is 0.0486. The van der Waals surface area contributed by atoms with E-state index in [9.17, 15) is 4.79 Å². The van der Waals surface area contributed by atoms with Gasteiger partial charge in [0.2, 0.25) is 0 Å². The van der Waals surface area contributed by atoms with E-state index in [1.807, 2.05) is 4.90 Å². The van der Waals surface area contributed by atoms with Crippen molar-refractivity contribution in [3.05, 3.63) is 29.8 Å². The number of hydrogen-bond acceptors (Lipinski definition) is 3. The zero-order chi connectivity index (χ0) is 15.4. The van der Waals surface area contributed by atoms with Gasteiger partial charge in [-0.25, -0.2) is 0 Å². The number of likely N-dealkylation sites (tertiary alicyclic amines) is 1. The molecule has 1 saturated heterocycles. The molecule has 0 spiro atoms. The second kappa shape index (κ2) is 6.89. The molecule has 1 amide bonds. The van der Waals surface area contributed by atoms with Crippen molar-refractivity contribution in [3.63, 3.8) is 0 Å². The molecule has 2 atom stereocenters. The second-order valence-corrected chi connectivity index (χ2v) is 6.06. The van der Waals surface area contributed by atoms with Crippen LogP contribution in [0.3, 0.4) is 0 Å². The van der Waals surface area contributed by atoms with Crippen LogP contribution in [0.2, 0.25) is 0 Å². The molecular weight excluding hydrogens is 284 g/mol. The maximum atomic E-state index is 12.3. The van der Waals surface area contributed by atoms with E-state index < -0.39 is 0 Å². The zero-order valence-electron chi connectivity index (χ0n) is 12.5. The molecule has 1 aromatic carbocycles. The van der Waals surface area contributed by atoms with Gasteiger partial charge < -0.3 is 15.4 Å². The predicted molar refractivity (Wildman–Crippen MR) is 87.4 cm³/mol. The normalized spacial score (nSPS) is 21.9. The molecule has 0 aliphatic carbocycles. The highest BCUT2D eigenvalue weighted by atomic mass is 32.1. The zero-order valence-corrected chi connectivity index (χ0v) is 13.4. The Balaban J connectivity index is 1.90. The number of carbonyl (C=O) groups is 1. The van der Waals surface area contributed by atoms with Crippen LogP contribution in [-0.2, 0) is 4.79 Å². The van der Waals surface area contributed by atoms with Gasteiger partial charge in [-0.15, -0.1) is 0 Å². The van der Waals surface area contributed by atoms with Crippen LogP contribution in [0, 0.1) is 5.92 Å². The number of nitrogens with zero attached hydrogens (tertiary/aromatic N) is 1. The maximum absolute atomic E-state index is 12.3. The van der Waals surface area contributed by atoms with Crippen molar-refractivity contribution in [1.29, 1.82) is 0 Å². The molecule has 0 radical (unpaired) electrons. The molecule has 1 heterocycles. The minimum atomic E-state index is 0.0486. The first-order valence-corrected chi connectivity index (χ1v) is 7.72. The number of thiocarbonyl (C=S) groups is 1. The first-order chi connectivity index (χ1) is 9.99. The molecular formula is C16H22N2O2S. The summed E-state index contributed by atoms with van der Waals surface area (Å²) in [7, 11) is 0. The summed E-state index contributed by atoms with van der Waals surface area (Å²) in [4.78, 5) is 14.5. The van der Waals surface area contributed by atoms with Gasteiger partial charge in [-0.1, -0.05) is 19.1 Å². The van der Waals surface area contributed by atoms with E-state index in [0.29, 0.717) is 16.7 Å². The first-order valence-electron chi connectivity index (χ1n) is 7.31. The summed E-state index contributed by atoms with van der Waals surface area (Å²) in [6.45, 7) is 5.20. The molecule has 114 valence electrons. The van der Waals surface area contributed by atoms with Crippen LogP contribution in [0.15, 0.2) is 24.3 Å². The van der Waals surface area contributed by atoms with E-state index in [1.54, 1.807) is 24.3 Å². The molecule has 21 heavy (non-hydrogen) atoms. The van der Waals surface area contributed by atoms with Gasteiger partial charge in [-0.2, -0.15) is 0 Å². The lowest BCUT2D eigenvalue weighted by Gasteiger charge is -2.37. The molecule has 0 aromatic heterocycles. The summed E-state index contributed by atoms with van der Waals surface area (Å²) < 4.78 is 5.56. The van der Waals surface area contributed by atoms with Gasteiger partial charge in [-0.05, 0) is 49.9 Å². The van der Waals surface area contributed by atoms with Crippen LogP contribution in [-0.4, -0.2) is 35.0 Å². The number of hydrogen-bond donors (Lipinski definition) is 1. The molecule has 1 fully saturated rings. The van der Waals surface area contributed by atoms with Crippen LogP contribution in [0.5, 0.6) is 5.75 Å². The van der Waals surface area contributed by atoms with E-state index >= 15 is 0 Å². The van der Waals surface area contributed by atoms with Gasteiger partial charge in [0.25, 0.3) is 5.91 Å². The molecule has 2 rings (SSSR count). The minimum Gasteiger partial charge on any atom is -0.484 e. The van der Waals surface area contributed by atoms with Gasteiger partial charge in [0.05, 0.1) is 0 Å². The number of benzene rings is 1. The fraction of sp³-hybridized carbons (Fsp3) is 0.500. The van der Waals surface area contributed by atoms with Gasteiger partial charge in [0.1, 0.15) is 10.7 Å². The lowest BCUT2D eigenvalue weighted by molar-refractivity contribution is -0.137. The summed E-state index contributed by atoms with van der Waals surface area (Å²) in [5.41, 5.74) is 6.34. The molecule has 1 aliphatic rings. The third-order valence-corrected chi connectivity index (χ3v) is 4.43. The predicted octanol–water partition coefficient (Wildman–Crippen LogP) is 2.35. The van der Waals surface area contributed by atoms with Crippen molar-refractivity contribution in [3.8, 4) is 5.75 Å². The fourth-order valence-electron chi connectivity index (χ4n) is 2.63. The fourth-order valence-corrected chi connectivity index (χ4v) is 2.77. The van der Waals surface area contributed by atoms with Crippen LogP contribution < -0.4 is 10.5 Å². The van der Waals surface area contributed by atoms with Crippen LogP contribution >= 0.6 is 12.2 Å². The summed E-state index contributed by atoms with van der Waals surface area (Å²) in [5, 5.41) is 0. The number of ether oxygens (including phenoxy) is 1. The Morgan fingerprint density at radius 3 is 2.67 bits per heavy atom. The Morgan fingerprint density at radius 1 is 1.38 bits per heavy atom. The average molecular weight is 306 g/mol. The number of rotatable bonds is 4. The van der Waals surface area contributed by atoms with Crippen LogP contribution in [0.1, 0.15) is 32.3 Å². The second-order valence-electron chi connectivity index (χ2n) is 5.62. The van der Waals surface area contributed by atoms with Crippen molar-refractivity contribution in [2.45, 2.75) is 32.7 Å². The smallest absolute Gasteiger partial charge is 0.260 e. The van der Waals surface area contributed by atoms with Gasteiger partial charge >= 0.3 is 0 Å². The number of carbonyl (C=O) groups excluding carboxylic acids is 1. The lowest BCUT2D eigenvalue weighted by Crippen LogP contribution is -2.47. The lowest BCUT2D eigenvalue weighted by atomic mass is 9.92. The van der Waals surface area contributed by atoms with Crippen molar-refractivity contribution in [2.24, 2.45) is 11.7 Å². The Labute approximate surface area is 131 Å². The molecule has 5 heteroatoms. The molecule has 0 bridgehead atoms. The molecule has 2 unspecified atom stereocenters. The Morgan fingerprint density at radius 2 is 2.05 bits per heavy atom. The first kappa shape index (κ1) is 15.8. The largest absolute Gasteiger partial charge is 0.484 e. The third kappa shape index (κ3) is 3.94. The molecule has 2 N–H and O–H groups in total. The van der Waals surface area contributed by atoms with Crippen LogP contribution in [0.25, 0.3) is 0 Å². The Kier molecular flexibility index (Phi) is 5.17. The summed E-state index contributed by atoms with van der Waals surface area (Å²) >= 11 is 4.90. The molecule has 4 nitrogen and oxygen atoms in total. The van der Waals surface area contributed by atoms with E-state index in [2.05, 4.69) is 13.8 Å². The van der Waals surface area contributed by atoms with Gasteiger partial charge in [0.15, 0.2) is 6.61 Å². The Hall–Kier alpha value is -1.62. The summed E-state index contributed by atoms with van der Waals surface area (Å²) in [6.07, 6.45) is 2.26. The van der Waals surface area contributed by atoms with Crippen LogP contribution in [0.4, 0.5) is 0 Å². The van der Waals surface area contributed by atoms with Crippen molar-refractivity contribution in [2.75, 3.05) is 13.2 Å². The maximum Gasteiger partial charge on any atom is 0.260 e. The third-order valence-electron chi connectivity index (χ3n) is 4.20. The average Bonchev–Trinajstić information content (AvgIpc) is 2.48. The SMILES string of the molecule is CC1CCCN(C(=O)COc2ccc(C(N)=S)cc2)C1C. The van der Waals surface area contributed by atoms with Crippen molar-refractivity contribution < 1.29 is 9.53 Å². The Bertz CT molecular complexity index is 516. The quantitative estimate of drug-likeness (QED) is 0.868. The summed E-state index contributed by atoms with van der Waals surface area (Å²) in [6, 6.07) is 7.45. The highest BCUT2D eigenvalue weighted by molar-refractivity contribution is 7.80. The number of piperidine rings is 1. The van der Waals surface area contributed by atoms with E-state index in [4.69, 9.17) is 22.7 Å². The van der Waals surface area contributed by atoms with E-state index in [1.165, 1.54) is 6.42 Å².